The first-order chi connectivity index (χ1) is 3.47. The Morgan fingerprint density at radius 1 is 1.86 bits per heavy atom. The Morgan fingerprint density at radius 3 is 3.43 bits per heavy atom. The summed E-state index contributed by atoms with van der Waals surface area (Å²) in [4.78, 5) is 5.93. The highest BCUT2D eigenvalue weighted by Gasteiger charge is 2.29. The molecule has 0 aromatic carbocycles. The van der Waals surface area contributed by atoms with E-state index < -0.39 is 0 Å². The van der Waals surface area contributed by atoms with Gasteiger partial charge in [-0.25, -0.2) is 4.99 Å². The zero-order valence-corrected chi connectivity index (χ0v) is 3.76. The van der Waals surface area contributed by atoms with Gasteiger partial charge in [-0.3, -0.25) is 0 Å². The summed E-state index contributed by atoms with van der Waals surface area (Å²) in [5.41, 5.74) is 0. The molecule has 2 heterocycles. The Balaban J connectivity index is 2.31. The third kappa shape index (κ3) is 0.360. The van der Waals surface area contributed by atoms with E-state index in [0.29, 0.717) is 0 Å². The molecule has 2 nitrogen and oxygen atoms in total. The van der Waals surface area contributed by atoms with E-state index in [2.05, 4.69) is 11.5 Å². The van der Waals surface area contributed by atoms with Crippen LogP contribution in [0.5, 0.6) is 0 Å². The van der Waals surface area contributed by atoms with Crippen molar-refractivity contribution in [1.82, 2.24) is 4.90 Å². The predicted octanol–water partition coefficient (Wildman–Crippen LogP) is 0.267. The first-order valence-corrected chi connectivity index (χ1v) is 2.24. The number of amidine groups is 1. The van der Waals surface area contributed by atoms with Crippen LogP contribution in [0.4, 0.5) is 0 Å². The number of fused-ring (bicyclic) bond motifs is 1. The second-order valence-electron chi connectivity index (χ2n) is 1.56. The molecule has 0 N–H and O–H groups in total. The predicted molar refractivity (Wildman–Crippen MR) is 26.5 cm³/mol. The van der Waals surface area contributed by atoms with E-state index >= 15 is 0 Å². The molecule has 1 fully saturated rings. The first-order valence-electron chi connectivity index (χ1n) is 2.24. The highest BCUT2D eigenvalue weighted by atomic mass is 15.3. The van der Waals surface area contributed by atoms with E-state index in [4.69, 9.17) is 0 Å². The van der Waals surface area contributed by atoms with Crippen LogP contribution in [0, 0.1) is 6.54 Å². The Bertz CT molecular complexity index is 146. The van der Waals surface area contributed by atoms with Gasteiger partial charge in [0.25, 0.3) is 0 Å². The zero-order chi connectivity index (χ0) is 4.69. The topological polar surface area (TPSA) is 15.4 Å². The molecule has 0 bridgehead atoms. The average molecular weight is 92.1 g/mol. The fraction of sp³-hybridized carbons (Fsp3) is 0.200. The largest absolute Gasteiger partial charge is 0.336 e. The molecule has 2 radical (unpaired) electrons. The van der Waals surface area contributed by atoms with Crippen molar-refractivity contribution < 1.29 is 0 Å². The quantitative estimate of drug-likeness (QED) is 0.391. The van der Waals surface area contributed by atoms with Gasteiger partial charge in [0.05, 0.1) is 0 Å². The molecule has 0 atom stereocenters. The van der Waals surface area contributed by atoms with Crippen LogP contribution in [0.3, 0.4) is 0 Å². The van der Waals surface area contributed by atoms with Crippen molar-refractivity contribution in [3.05, 3.63) is 18.8 Å². The second-order valence-corrected chi connectivity index (χ2v) is 1.56. The molecule has 0 aromatic rings. The zero-order valence-electron chi connectivity index (χ0n) is 3.76. The molecule has 0 amide bonds. The van der Waals surface area contributed by atoms with Crippen molar-refractivity contribution in [3.8, 4) is 0 Å². The van der Waals surface area contributed by atoms with Crippen LogP contribution in [-0.2, 0) is 0 Å². The Kier molecular flexibility index (Phi) is 0.410. The van der Waals surface area contributed by atoms with Gasteiger partial charge in [0.15, 0.2) is 6.54 Å². The lowest BCUT2D eigenvalue weighted by atomic mass is 10.6. The Hall–Kier alpha value is -0.790. The van der Waals surface area contributed by atoms with Gasteiger partial charge in [-0.15, -0.1) is 0 Å². The van der Waals surface area contributed by atoms with Crippen molar-refractivity contribution in [2.75, 3.05) is 6.54 Å². The standard InChI is InChI=1S/C5H4N2/c1-2-6-5-4-7(5)3-1/h1-2H,3H2. The van der Waals surface area contributed by atoms with E-state index in [1.165, 1.54) is 0 Å². The lowest BCUT2D eigenvalue weighted by Crippen LogP contribution is -1.98. The van der Waals surface area contributed by atoms with E-state index in [0.717, 1.165) is 12.4 Å². The summed E-state index contributed by atoms with van der Waals surface area (Å²) in [5.74, 6) is 1.00. The van der Waals surface area contributed by atoms with Gasteiger partial charge in [0.2, 0.25) is 0 Å². The molecule has 0 spiro atoms. The molecular weight excluding hydrogens is 88.1 g/mol. The van der Waals surface area contributed by atoms with E-state index in [9.17, 15) is 0 Å². The molecule has 2 heteroatoms. The normalized spacial score (nSPS) is 24.0. The molecule has 0 saturated carbocycles. The number of rotatable bonds is 0. The molecule has 0 aliphatic carbocycles. The van der Waals surface area contributed by atoms with Crippen LogP contribution in [0.1, 0.15) is 0 Å². The average Bonchev–Trinajstić information content (AvgIpc) is 2.41. The summed E-state index contributed by atoms with van der Waals surface area (Å²) >= 11 is 0. The van der Waals surface area contributed by atoms with Crippen molar-refractivity contribution >= 4 is 5.84 Å². The molecule has 0 aromatic heterocycles. The van der Waals surface area contributed by atoms with E-state index in [1.54, 1.807) is 0 Å². The van der Waals surface area contributed by atoms with Gasteiger partial charge in [0.1, 0.15) is 5.84 Å². The van der Waals surface area contributed by atoms with Crippen molar-refractivity contribution in [2.45, 2.75) is 0 Å². The maximum absolute atomic E-state index is 3.95. The minimum absolute atomic E-state index is 0.971. The highest BCUT2D eigenvalue weighted by Crippen LogP contribution is 2.18. The maximum Gasteiger partial charge on any atom is 0.167 e. The SMILES string of the molecule is [C]1C2=NC=CCN12. The van der Waals surface area contributed by atoms with Gasteiger partial charge in [-0.2, -0.15) is 0 Å². The summed E-state index contributed by atoms with van der Waals surface area (Å²) in [6.45, 7) is 3.92. The number of nitrogens with zero attached hydrogens (tertiary/aromatic N) is 2. The Labute approximate surface area is 42.2 Å². The van der Waals surface area contributed by atoms with Crippen molar-refractivity contribution in [1.29, 1.82) is 0 Å². The summed E-state index contributed by atoms with van der Waals surface area (Å²) in [7, 11) is 0. The van der Waals surface area contributed by atoms with Crippen LogP contribution >= 0.6 is 0 Å². The van der Waals surface area contributed by atoms with Gasteiger partial charge in [-0.1, -0.05) is 0 Å². The van der Waals surface area contributed by atoms with E-state index in [1.807, 2.05) is 17.2 Å². The van der Waals surface area contributed by atoms with Crippen molar-refractivity contribution in [2.24, 2.45) is 4.99 Å². The maximum atomic E-state index is 3.95. The number of hydrogen-bond donors (Lipinski definition) is 0. The molecule has 7 heavy (non-hydrogen) atoms. The van der Waals surface area contributed by atoms with Crippen LogP contribution < -0.4 is 0 Å². The minimum Gasteiger partial charge on any atom is -0.336 e. The first kappa shape index (κ1) is 3.24. The van der Waals surface area contributed by atoms with Gasteiger partial charge < -0.3 is 4.90 Å². The number of aliphatic imine (C=N–C) groups is 1. The van der Waals surface area contributed by atoms with Gasteiger partial charge in [0, 0.05) is 12.7 Å². The van der Waals surface area contributed by atoms with Crippen LogP contribution in [-0.4, -0.2) is 17.3 Å². The van der Waals surface area contributed by atoms with Crippen LogP contribution in [0.2, 0.25) is 0 Å². The molecule has 2 aliphatic heterocycles. The van der Waals surface area contributed by atoms with Gasteiger partial charge >= 0.3 is 0 Å². The fourth-order valence-electron chi connectivity index (χ4n) is 0.602. The fourth-order valence-corrected chi connectivity index (χ4v) is 0.602. The summed E-state index contributed by atoms with van der Waals surface area (Å²) in [6, 6.07) is 0. The number of hydrogen-bond acceptors (Lipinski definition) is 2. The molecule has 1 saturated heterocycles. The third-order valence-electron chi connectivity index (χ3n) is 1.03. The summed E-state index contributed by atoms with van der Waals surface area (Å²) in [5, 5.41) is 0. The minimum atomic E-state index is 0.971. The van der Waals surface area contributed by atoms with Crippen LogP contribution in [0.25, 0.3) is 0 Å². The third-order valence-corrected chi connectivity index (χ3v) is 1.03. The van der Waals surface area contributed by atoms with Crippen molar-refractivity contribution in [3.63, 3.8) is 0 Å². The highest BCUT2D eigenvalue weighted by molar-refractivity contribution is 6.05. The summed E-state index contributed by atoms with van der Waals surface area (Å²) < 4.78 is 0. The molecule has 0 unspecified atom stereocenters. The molecule has 2 aliphatic rings. The van der Waals surface area contributed by atoms with Gasteiger partial charge in [-0.05, 0) is 6.08 Å². The molecule has 34 valence electrons. The molecular formula is C5H4N2. The summed E-state index contributed by atoms with van der Waals surface area (Å²) in [6.07, 6.45) is 3.81. The second kappa shape index (κ2) is 0.886. The molecule has 2 rings (SSSR count). The smallest absolute Gasteiger partial charge is 0.167 e. The Morgan fingerprint density at radius 2 is 2.86 bits per heavy atom. The lowest BCUT2D eigenvalue weighted by molar-refractivity contribution is 0.720. The van der Waals surface area contributed by atoms with Crippen LogP contribution in [0.15, 0.2) is 17.3 Å². The lowest BCUT2D eigenvalue weighted by Gasteiger charge is -1.93. The van der Waals surface area contributed by atoms with E-state index in [-0.39, 0.29) is 0 Å². The monoisotopic (exact) mass is 92.0 g/mol.